The Labute approximate surface area is 153 Å². The minimum Gasteiger partial charge on any atom is -0.383 e. The number of hydrogen-bond donors (Lipinski definition) is 2. The molecule has 9 heteroatoms. The van der Waals surface area contributed by atoms with E-state index in [1.54, 1.807) is 12.1 Å². The van der Waals surface area contributed by atoms with Crippen LogP contribution >= 0.6 is 0 Å². The lowest BCUT2D eigenvalue weighted by Gasteiger charge is -2.24. The van der Waals surface area contributed by atoms with Crippen LogP contribution < -0.4 is 16.4 Å². The van der Waals surface area contributed by atoms with E-state index in [1.807, 2.05) is 4.90 Å². The topological polar surface area (TPSA) is 93.9 Å². The molecular weight excluding hydrogens is 357 g/mol. The van der Waals surface area contributed by atoms with Crippen molar-refractivity contribution in [2.24, 2.45) is 0 Å². The number of aromatic nitrogens is 3. The van der Waals surface area contributed by atoms with Crippen LogP contribution in [0, 0.1) is 0 Å². The first-order valence-corrected chi connectivity index (χ1v) is 8.50. The fraction of sp³-hybridized carbons (Fsp3) is 0.278. The summed E-state index contributed by atoms with van der Waals surface area (Å²) in [5, 5.41) is 0.445. The van der Waals surface area contributed by atoms with Gasteiger partial charge in [0.2, 0.25) is 5.95 Å². The molecule has 6 nitrogen and oxygen atoms in total. The number of nitrogens with zero attached hydrogens (tertiary/aromatic N) is 4. The molecule has 140 valence electrons. The molecule has 0 unspecified atom stereocenters. The van der Waals surface area contributed by atoms with E-state index in [2.05, 4.69) is 15.0 Å². The molecule has 0 spiro atoms. The highest BCUT2D eigenvalue weighted by Crippen LogP contribution is 2.42. The van der Waals surface area contributed by atoms with E-state index >= 15 is 0 Å². The lowest BCUT2D eigenvalue weighted by molar-refractivity contribution is -0.137. The quantitative estimate of drug-likeness (QED) is 0.713. The van der Waals surface area contributed by atoms with Crippen LogP contribution in [-0.2, 0) is 6.18 Å². The molecule has 4 rings (SSSR count). The summed E-state index contributed by atoms with van der Waals surface area (Å²) in [4.78, 5) is 14.2. The van der Waals surface area contributed by atoms with Gasteiger partial charge in [-0.25, -0.2) is 4.98 Å². The Morgan fingerprint density at radius 3 is 2.37 bits per heavy atom. The SMILES string of the molecule is Nc1nc(N)c2ccc(-c3c(N4CCCC4)cccc3C(F)(F)F)nc2n1. The van der Waals surface area contributed by atoms with Gasteiger partial charge in [-0.05, 0) is 37.1 Å². The van der Waals surface area contributed by atoms with Crippen molar-refractivity contribution in [1.29, 1.82) is 0 Å². The summed E-state index contributed by atoms with van der Waals surface area (Å²) < 4.78 is 41.2. The van der Waals surface area contributed by atoms with Gasteiger partial charge in [-0.1, -0.05) is 6.07 Å². The van der Waals surface area contributed by atoms with Gasteiger partial charge in [-0.15, -0.1) is 0 Å². The van der Waals surface area contributed by atoms with Gasteiger partial charge < -0.3 is 16.4 Å². The Morgan fingerprint density at radius 2 is 1.67 bits per heavy atom. The van der Waals surface area contributed by atoms with Crippen LogP contribution in [0.1, 0.15) is 18.4 Å². The molecule has 1 aliphatic rings. The van der Waals surface area contributed by atoms with Crippen LogP contribution in [0.2, 0.25) is 0 Å². The van der Waals surface area contributed by atoms with Crippen molar-refractivity contribution in [2.75, 3.05) is 29.5 Å². The summed E-state index contributed by atoms with van der Waals surface area (Å²) in [6.07, 6.45) is -2.62. The van der Waals surface area contributed by atoms with Gasteiger partial charge in [0.15, 0.2) is 5.65 Å². The van der Waals surface area contributed by atoms with Gasteiger partial charge in [0.1, 0.15) is 5.82 Å². The summed E-state index contributed by atoms with van der Waals surface area (Å²) in [7, 11) is 0. The van der Waals surface area contributed by atoms with Crippen molar-refractivity contribution in [3.05, 3.63) is 35.9 Å². The van der Waals surface area contributed by atoms with Crippen LogP contribution in [0.4, 0.5) is 30.6 Å². The van der Waals surface area contributed by atoms with Crippen molar-refractivity contribution in [3.63, 3.8) is 0 Å². The lowest BCUT2D eigenvalue weighted by Crippen LogP contribution is -2.20. The monoisotopic (exact) mass is 374 g/mol. The molecule has 1 fully saturated rings. The average Bonchev–Trinajstić information content (AvgIpc) is 3.14. The molecule has 0 bridgehead atoms. The van der Waals surface area contributed by atoms with Crippen LogP contribution in [0.5, 0.6) is 0 Å². The van der Waals surface area contributed by atoms with E-state index in [-0.39, 0.29) is 28.7 Å². The molecule has 27 heavy (non-hydrogen) atoms. The summed E-state index contributed by atoms with van der Waals surface area (Å²) in [5.41, 5.74) is 11.6. The number of hydrogen-bond acceptors (Lipinski definition) is 6. The Hall–Kier alpha value is -3.10. The Kier molecular flexibility index (Phi) is 4.01. The average molecular weight is 374 g/mol. The second-order valence-corrected chi connectivity index (χ2v) is 6.43. The van der Waals surface area contributed by atoms with Crippen LogP contribution in [0.25, 0.3) is 22.3 Å². The predicted octanol–water partition coefficient (Wildman–Crippen LogP) is 3.48. The highest BCUT2D eigenvalue weighted by atomic mass is 19.4. The van der Waals surface area contributed by atoms with Crippen molar-refractivity contribution < 1.29 is 13.2 Å². The fourth-order valence-corrected chi connectivity index (χ4v) is 3.46. The molecule has 0 radical (unpaired) electrons. The zero-order valence-corrected chi connectivity index (χ0v) is 14.3. The Bertz CT molecular complexity index is 1010. The minimum absolute atomic E-state index is 0.0459. The van der Waals surface area contributed by atoms with Gasteiger partial charge in [0, 0.05) is 24.3 Å². The molecule has 1 aliphatic heterocycles. The standard InChI is InChI=1S/C18H17F3N6/c19-18(20,21)11-4-3-5-13(27-8-1-2-9-27)14(11)12-7-6-10-15(22)25-17(23)26-16(10)24-12/h3-7H,1-2,8-9H2,(H4,22,23,24,25,26). The third-order valence-corrected chi connectivity index (χ3v) is 4.66. The number of nitrogen functional groups attached to an aromatic ring is 2. The fourth-order valence-electron chi connectivity index (χ4n) is 3.46. The molecule has 0 aliphatic carbocycles. The molecule has 4 N–H and O–H groups in total. The second kappa shape index (κ2) is 6.26. The Morgan fingerprint density at radius 1 is 0.926 bits per heavy atom. The number of alkyl halides is 3. The summed E-state index contributed by atoms with van der Waals surface area (Å²) in [6.45, 7) is 1.42. The van der Waals surface area contributed by atoms with Gasteiger partial charge in [-0.2, -0.15) is 23.1 Å². The van der Waals surface area contributed by atoms with E-state index in [1.165, 1.54) is 12.1 Å². The maximum absolute atomic E-state index is 13.7. The molecule has 0 amide bonds. The minimum atomic E-state index is -4.51. The third-order valence-electron chi connectivity index (χ3n) is 4.66. The maximum Gasteiger partial charge on any atom is 0.417 e. The van der Waals surface area contributed by atoms with Crippen LogP contribution in [0.3, 0.4) is 0 Å². The van der Waals surface area contributed by atoms with Gasteiger partial charge in [0.05, 0.1) is 16.6 Å². The third kappa shape index (κ3) is 3.09. The molecule has 3 aromatic rings. The first-order chi connectivity index (χ1) is 12.8. The van der Waals surface area contributed by atoms with Crippen molar-refractivity contribution >= 4 is 28.5 Å². The summed E-state index contributed by atoms with van der Waals surface area (Å²) in [6, 6.07) is 7.29. The molecule has 2 aromatic heterocycles. The normalized spacial score (nSPS) is 14.9. The van der Waals surface area contributed by atoms with Gasteiger partial charge in [-0.3, -0.25) is 0 Å². The first-order valence-electron chi connectivity index (χ1n) is 8.50. The number of pyridine rings is 1. The van der Waals surface area contributed by atoms with E-state index < -0.39 is 11.7 Å². The molecule has 1 aromatic carbocycles. The molecular formula is C18H17F3N6. The number of nitrogens with two attached hydrogens (primary N) is 2. The van der Waals surface area contributed by atoms with Gasteiger partial charge >= 0.3 is 6.18 Å². The van der Waals surface area contributed by atoms with Crippen LogP contribution in [0.15, 0.2) is 30.3 Å². The van der Waals surface area contributed by atoms with E-state index in [0.29, 0.717) is 24.2 Å². The zero-order valence-electron chi connectivity index (χ0n) is 14.3. The smallest absolute Gasteiger partial charge is 0.383 e. The summed E-state index contributed by atoms with van der Waals surface area (Å²) >= 11 is 0. The van der Waals surface area contributed by atoms with Crippen molar-refractivity contribution in [2.45, 2.75) is 19.0 Å². The molecule has 0 saturated carbocycles. The highest BCUT2D eigenvalue weighted by Gasteiger charge is 2.36. The largest absolute Gasteiger partial charge is 0.417 e. The van der Waals surface area contributed by atoms with Crippen LogP contribution in [-0.4, -0.2) is 28.0 Å². The molecule has 3 heterocycles. The summed E-state index contributed by atoms with van der Waals surface area (Å²) in [5.74, 6) is 0.0638. The number of rotatable bonds is 2. The van der Waals surface area contributed by atoms with Gasteiger partial charge in [0.25, 0.3) is 0 Å². The van der Waals surface area contributed by atoms with E-state index in [0.717, 1.165) is 18.9 Å². The highest BCUT2D eigenvalue weighted by molar-refractivity contribution is 5.90. The number of halogens is 3. The van der Waals surface area contributed by atoms with Crippen molar-refractivity contribution in [3.8, 4) is 11.3 Å². The number of fused-ring (bicyclic) bond motifs is 1. The second-order valence-electron chi connectivity index (χ2n) is 6.43. The maximum atomic E-state index is 13.7. The van der Waals surface area contributed by atoms with E-state index in [9.17, 15) is 13.2 Å². The lowest BCUT2D eigenvalue weighted by atomic mass is 10.00. The first kappa shape index (κ1) is 17.3. The number of anilines is 3. The Balaban J connectivity index is 1.98. The predicted molar refractivity (Wildman–Crippen MR) is 98.0 cm³/mol. The zero-order chi connectivity index (χ0) is 19.2. The molecule has 0 atom stereocenters. The van der Waals surface area contributed by atoms with Crippen molar-refractivity contribution in [1.82, 2.24) is 15.0 Å². The molecule has 1 saturated heterocycles. The number of benzene rings is 1. The van der Waals surface area contributed by atoms with E-state index in [4.69, 9.17) is 11.5 Å².